The van der Waals surface area contributed by atoms with Gasteiger partial charge in [0.25, 0.3) is 0 Å². The zero-order valence-corrected chi connectivity index (χ0v) is 16.5. The second-order valence-corrected chi connectivity index (χ2v) is 7.05. The maximum atomic E-state index is 12.6. The molecular formula is C18H23NO7S. The second-order valence-electron chi connectivity index (χ2n) is 5.31. The average molecular weight is 397 g/mol. The Labute approximate surface area is 159 Å². The highest BCUT2D eigenvalue weighted by molar-refractivity contribution is 7.89. The normalized spacial score (nSPS) is 11.0. The molecule has 0 unspecified atom stereocenters. The molecule has 0 aliphatic rings. The number of benzene rings is 2. The third-order valence-electron chi connectivity index (χ3n) is 3.65. The van der Waals surface area contributed by atoms with Crippen molar-refractivity contribution in [3.8, 4) is 28.7 Å². The molecule has 1 N–H and O–H groups in total. The quantitative estimate of drug-likeness (QED) is 0.614. The van der Waals surface area contributed by atoms with Gasteiger partial charge < -0.3 is 23.7 Å². The summed E-state index contributed by atoms with van der Waals surface area (Å²) in [4.78, 5) is -0.00704. The standard InChI is InChI=1S/C18H23NO7S/c1-22-13-5-6-17(25-4)18(12-13)27(20,21)19-7-8-26-16-10-14(23-2)9-15(11-16)24-3/h5-6,9-12,19H,7-8H2,1-4H3. The van der Waals surface area contributed by atoms with Crippen LogP contribution in [0.5, 0.6) is 28.7 Å². The second kappa shape index (κ2) is 9.33. The number of hydrogen-bond donors (Lipinski definition) is 1. The molecule has 0 saturated heterocycles. The Kier molecular flexibility index (Phi) is 7.14. The molecule has 0 heterocycles. The third kappa shape index (κ3) is 5.41. The monoisotopic (exact) mass is 397 g/mol. The first-order valence-electron chi connectivity index (χ1n) is 8.01. The molecule has 0 radical (unpaired) electrons. The maximum absolute atomic E-state index is 12.6. The van der Waals surface area contributed by atoms with Gasteiger partial charge in [0.15, 0.2) is 0 Å². The number of methoxy groups -OCH3 is 4. The van der Waals surface area contributed by atoms with Gasteiger partial charge in [0.1, 0.15) is 40.2 Å². The van der Waals surface area contributed by atoms with Crippen molar-refractivity contribution in [2.24, 2.45) is 0 Å². The molecule has 9 heteroatoms. The number of ether oxygens (including phenoxy) is 5. The summed E-state index contributed by atoms with van der Waals surface area (Å²) in [6, 6.07) is 9.63. The molecule has 0 fully saturated rings. The van der Waals surface area contributed by atoms with Crippen molar-refractivity contribution in [1.29, 1.82) is 0 Å². The Bertz CT molecular complexity index is 846. The number of hydrogen-bond acceptors (Lipinski definition) is 7. The van der Waals surface area contributed by atoms with Crippen LogP contribution in [0, 0.1) is 0 Å². The first-order chi connectivity index (χ1) is 12.9. The summed E-state index contributed by atoms with van der Waals surface area (Å²) < 4.78 is 53.7. The Morgan fingerprint density at radius 1 is 0.778 bits per heavy atom. The van der Waals surface area contributed by atoms with E-state index in [1.807, 2.05) is 0 Å². The molecule has 2 aromatic rings. The van der Waals surface area contributed by atoms with Gasteiger partial charge in [0.2, 0.25) is 10.0 Å². The minimum Gasteiger partial charge on any atom is -0.497 e. The van der Waals surface area contributed by atoms with Gasteiger partial charge in [-0.05, 0) is 12.1 Å². The van der Waals surface area contributed by atoms with Crippen molar-refractivity contribution >= 4 is 10.0 Å². The van der Waals surface area contributed by atoms with E-state index in [2.05, 4.69) is 4.72 Å². The minimum atomic E-state index is -3.80. The van der Waals surface area contributed by atoms with Crippen LogP contribution in [0.4, 0.5) is 0 Å². The van der Waals surface area contributed by atoms with Crippen LogP contribution in [0.3, 0.4) is 0 Å². The fourth-order valence-electron chi connectivity index (χ4n) is 2.28. The molecular weight excluding hydrogens is 374 g/mol. The predicted molar refractivity (Wildman–Crippen MR) is 99.8 cm³/mol. The zero-order chi connectivity index (χ0) is 19.9. The lowest BCUT2D eigenvalue weighted by molar-refractivity contribution is 0.315. The molecule has 148 valence electrons. The van der Waals surface area contributed by atoms with E-state index < -0.39 is 10.0 Å². The molecule has 0 aliphatic heterocycles. The van der Waals surface area contributed by atoms with Crippen LogP contribution >= 0.6 is 0 Å². The van der Waals surface area contributed by atoms with Crippen molar-refractivity contribution in [2.75, 3.05) is 41.6 Å². The van der Waals surface area contributed by atoms with E-state index in [-0.39, 0.29) is 23.8 Å². The largest absolute Gasteiger partial charge is 0.497 e. The van der Waals surface area contributed by atoms with E-state index in [0.29, 0.717) is 23.0 Å². The Balaban J connectivity index is 2.02. The maximum Gasteiger partial charge on any atom is 0.244 e. The molecule has 0 spiro atoms. The Morgan fingerprint density at radius 2 is 1.37 bits per heavy atom. The number of nitrogens with one attached hydrogen (secondary N) is 1. The van der Waals surface area contributed by atoms with Crippen molar-refractivity contribution in [2.45, 2.75) is 4.90 Å². The summed E-state index contributed by atoms with van der Waals surface area (Å²) in [5, 5.41) is 0. The highest BCUT2D eigenvalue weighted by Gasteiger charge is 2.20. The Hall–Kier alpha value is -2.65. The van der Waals surface area contributed by atoms with Gasteiger partial charge in [-0.3, -0.25) is 0 Å². The van der Waals surface area contributed by atoms with Crippen LogP contribution in [-0.4, -0.2) is 50.0 Å². The molecule has 2 rings (SSSR count). The van der Waals surface area contributed by atoms with Crippen LogP contribution < -0.4 is 28.4 Å². The summed E-state index contributed by atoms with van der Waals surface area (Å²) in [6.45, 7) is 0.171. The first kappa shape index (κ1) is 20.7. The van der Waals surface area contributed by atoms with Crippen LogP contribution in [0.1, 0.15) is 0 Å². The predicted octanol–water partition coefficient (Wildman–Crippen LogP) is 2.08. The summed E-state index contributed by atoms with van der Waals surface area (Å²) >= 11 is 0. The molecule has 0 saturated carbocycles. The van der Waals surface area contributed by atoms with Crippen LogP contribution in [-0.2, 0) is 10.0 Å². The van der Waals surface area contributed by atoms with Crippen molar-refractivity contribution in [3.05, 3.63) is 36.4 Å². The topological polar surface area (TPSA) is 92.3 Å². The highest BCUT2D eigenvalue weighted by atomic mass is 32.2. The molecule has 2 aromatic carbocycles. The molecule has 0 atom stereocenters. The summed E-state index contributed by atoms with van der Waals surface area (Å²) in [7, 11) is 2.13. The minimum absolute atomic E-state index is 0.00704. The van der Waals surface area contributed by atoms with Crippen molar-refractivity contribution in [1.82, 2.24) is 4.72 Å². The third-order valence-corrected chi connectivity index (χ3v) is 5.13. The lowest BCUT2D eigenvalue weighted by Gasteiger charge is -2.13. The highest BCUT2D eigenvalue weighted by Crippen LogP contribution is 2.28. The summed E-state index contributed by atoms with van der Waals surface area (Å²) in [5.41, 5.74) is 0. The summed E-state index contributed by atoms with van der Waals surface area (Å²) in [5.74, 6) is 2.29. The van der Waals surface area contributed by atoms with E-state index in [1.165, 1.54) is 40.6 Å². The van der Waals surface area contributed by atoms with Gasteiger partial charge in [0, 0.05) is 30.8 Å². The van der Waals surface area contributed by atoms with Gasteiger partial charge in [-0.15, -0.1) is 0 Å². The van der Waals surface area contributed by atoms with E-state index >= 15 is 0 Å². The molecule has 0 aromatic heterocycles. The van der Waals surface area contributed by atoms with Crippen molar-refractivity contribution in [3.63, 3.8) is 0 Å². The van der Waals surface area contributed by atoms with Gasteiger partial charge in [-0.2, -0.15) is 0 Å². The van der Waals surface area contributed by atoms with E-state index in [4.69, 9.17) is 23.7 Å². The lowest BCUT2D eigenvalue weighted by atomic mass is 10.3. The number of sulfonamides is 1. The lowest BCUT2D eigenvalue weighted by Crippen LogP contribution is -2.28. The van der Waals surface area contributed by atoms with Gasteiger partial charge in [-0.1, -0.05) is 0 Å². The molecule has 27 heavy (non-hydrogen) atoms. The Morgan fingerprint density at radius 3 is 1.93 bits per heavy atom. The van der Waals surface area contributed by atoms with E-state index in [0.717, 1.165) is 0 Å². The van der Waals surface area contributed by atoms with E-state index in [9.17, 15) is 8.42 Å². The van der Waals surface area contributed by atoms with Crippen LogP contribution in [0.25, 0.3) is 0 Å². The van der Waals surface area contributed by atoms with Gasteiger partial charge >= 0.3 is 0 Å². The molecule has 0 amide bonds. The SMILES string of the molecule is COc1cc(OC)cc(OCCNS(=O)(=O)c2cc(OC)ccc2OC)c1. The van der Waals surface area contributed by atoms with Gasteiger partial charge in [-0.25, -0.2) is 13.1 Å². The average Bonchev–Trinajstić information content (AvgIpc) is 2.70. The van der Waals surface area contributed by atoms with Crippen LogP contribution in [0.2, 0.25) is 0 Å². The van der Waals surface area contributed by atoms with Crippen molar-refractivity contribution < 1.29 is 32.1 Å². The molecule has 8 nitrogen and oxygen atoms in total. The fraction of sp³-hybridized carbons (Fsp3) is 0.333. The van der Waals surface area contributed by atoms with E-state index in [1.54, 1.807) is 24.3 Å². The zero-order valence-electron chi connectivity index (χ0n) is 15.6. The molecule has 0 aliphatic carbocycles. The smallest absolute Gasteiger partial charge is 0.244 e. The van der Waals surface area contributed by atoms with Gasteiger partial charge in [0.05, 0.1) is 28.4 Å². The number of rotatable bonds is 10. The summed E-state index contributed by atoms with van der Waals surface area (Å²) in [6.07, 6.45) is 0. The molecule has 0 bridgehead atoms. The first-order valence-corrected chi connectivity index (χ1v) is 9.49. The fourth-order valence-corrected chi connectivity index (χ4v) is 3.48. The van der Waals surface area contributed by atoms with Crippen LogP contribution in [0.15, 0.2) is 41.3 Å².